The van der Waals surface area contributed by atoms with Gasteiger partial charge in [-0.2, -0.15) is 0 Å². The standard InChI is InChI=1S/C14H19ClN2O2/c1-10(19)16-14-8-17(7-12(14)9-18)6-11-3-2-4-13(15)5-11/h2-5,12,14,18H,6-9H2,1H3,(H,16,19)/t12-,14+/m0/s1. The second kappa shape index (κ2) is 6.37. The molecule has 1 fully saturated rings. The van der Waals surface area contributed by atoms with Crippen molar-refractivity contribution in [2.75, 3.05) is 19.7 Å². The lowest BCUT2D eigenvalue weighted by atomic mass is 10.1. The Balaban J connectivity index is 1.97. The van der Waals surface area contributed by atoms with Crippen molar-refractivity contribution in [2.24, 2.45) is 5.92 Å². The lowest BCUT2D eigenvalue weighted by molar-refractivity contribution is -0.119. The first-order valence-corrected chi connectivity index (χ1v) is 6.81. The molecule has 2 N–H and O–H groups in total. The number of likely N-dealkylation sites (tertiary alicyclic amines) is 1. The highest BCUT2D eigenvalue weighted by molar-refractivity contribution is 6.30. The van der Waals surface area contributed by atoms with Crippen molar-refractivity contribution in [1.82, 2.24) is 10.2 Å². The number of benzene rings is 1. The van der Waals surface area contributed by atoms with Crippen molar-refractivity contribution in [1.29, 1.82) is 0 Å². The molecule has 2 rings (SSSR count). The molecule has 2 atom stereocenters. The lowest BCUT2D eigenvalue weighted by Crippen LogP contribution is -2.40. The molecule has 4 nitrogen and oxygen atoms in total. The maximum Gasteiger partial charge on any atom is 0.217 e. The van der Waals surface area contributed by atoms with E-state index in [4.69, 9.17) is 11.6 Å². The van der Waals surface area contributed by atoms with Gasteiger partial charge in [-0.1, -0.05) is 23.7 Å². The average Bonchev–Trinajstić information content (AvgIpc) is 2.70. The maximum atomic E-state index is 11.1. The van der Waals surface area contributed by atoms with Crippen LogP contribution in [0.1, 0.15) is 12.5 Å². The zero-order valence-electron chi connectivity index (χ0n) is 11.0. The second-order valence-corrected chi connectivity index (χ2v) is 5.51. The van der Waals surface area contributed by atoms with Crippen LogP contribution in [0, 0.1) is 5.92 Å². The van der Waals surface area contributed by atoms with Crippen LogP contribution in [0.2, 0.25) is 5.02 Å². The number of aliphatic hydroxyl groups is 1. The van der Waals surface area contributed by atoms with Crippen molar-refractivity contribution >= 4 is 17.5 Å². The number of hydrogen-bond donors (Lipinski definition) is 2. The fourth-order valence-electron chi connectivity index (χ4n) is 2.59. The summed E-state index contributed by atoms with van der Waals surface area (Å²) >= 11 is 5.97. The van der Waals surface area contributed by atoms with Gasteiger partial charge in [0.2, 0.25) is 5.91 Å². The third-order valence-corrected chi connectivity index (χ3v) is 3.67. The lowest BCUT2D eigenvalue weighted by Gasteiger charge is -2.17. The summed E-state index contributed by atoms with van der Waals surface area (Å²) in [6, 6.07) is 7.79. The van der Waals surface area contributed by atoms with Gasteiger partial charge in [-0.3, -0.25) is 9.69 Å². The molecule has 0 saturated carbocycles. The van der Waals surface area contributed by atoms with E-state index in [-0.39, 0.29) is 24.5 Å². The van der Waals surface area contributed by atoms with Gasteiger partial charge in [0.25, 0.3) is 0 Å². The van der Waals surface area contributed by atoms with Crippen LogP contribution in [0.5, 0.6) is 0 Å². The van der Waals surface area contributed by atoms with E-state index in [0.717, 1.165) is 30.2 Å². The molecular weight excluding hydrogens is 264 g/mol. The van der Waals surface area contributed by atoms with Gasteiger partial charge in [-0.15, -0.1) is 0 Å². The van der Waals surface area contributed by atoms with E-state index in [1.54, 1.807) is 0 Å². The highest BCUT2D eigenvalue weighted by Gasteiger charge is 2.32. The molecule has 1 aliphatic heterocycles. The van der Waals surface area contributed by atoms with Gasteiger partial charge in [0, 0.05) is 50.1 Å². The Labute approximate surface area is 118 Å². The van der Waals surface area contributed by atoms with Gasteiger partial charge in [0.1, 0.15) is 0 Å². The third kappa shape index (κ3) is 3.93. The molecule has 0 radical (unpaired) electrons. The van der Waals surface area contributed by atoms with Crippen LogP contribution in [0.15, 0.2) is 24.3 Å². The molecule has 0 aliphatic carbocycles. The van der Waals surface area contributed by atoms with Crippen molar-refractivity contribution in [3.8, 4) is 0 Å². The third-order valence-electron chi connectivity index (χ3n) is 3.44. The maximum absolute atomic E-state index is 11.1. The summed E-state index contributed by atoms with van der Waals surface area (Å²) in [5.41, 5.74) is 1.15. The number of hydrogen-bond acceptors (Lipinski definition) is 3. The zero-order chi connectivity index (χ0) is 13.8. The van der Waals surface area contributed by atoms with Crippen LogP contribution in [-0.4, -0.2) is 41.7 Å². The van der Waals surface area contributed by atoms with Crippen molar-refractivity contribution in [3.63, 3.8) is 0 Å². The highest BCUT2D eigenvalue weighted by Crippen LogP contribution is 2.20. The van der Waals surface area contributed by atoms with Crippen LogP contribution in [0.3, 0.4) is 0 Å². The van der Waals surface area contributed by atoms with Crippen LogP contribution in [0.4, 0.5) is 0 Å². The van der Waals surface area contributed by atoms with E-state index < -0.39 is 0 Å². The number of amides is 1. The Morgan fingerprint density at radius 3 is 2.95 bits per heavy atom. The number of nitrogens with one attached hydrogen (secondary N) is 1. The number of halogens is 1. The predicted molar refractivity (Wildman–Crippen MR) is 74.9 cm³/mol. The normalized spacial score (nSPS) is 23.5. The van der Waals surface area contributed by atoms with Crippen LogP contribution >= 0.6 is 11.6 Å². The molecule has 104 valence electrons. The molecule has 0 aromatic heterocycles. The summed E-state index contributed by atoms with van der Waals surface area (Å²) in [7, 11) is 0. The van der Waals surface area contributed by atoms with E-state index >= 15 is 0 Å². The Hall–Kier alpha value is -1.10. The minimum Gasteiger partial charge on any atom is -0.396 e. The quantitative estimate of drug-likeness (QED) is 0.874. The first-order chi connectivity index (χ1) is 9.08. The molecule has 5 heteroatoms. The summed E-state index contributed by atoms with van der Waals surface area (Å²) in [5, 5.41) is 13.0. The summed E-state index contributed by atoms with van der Waals surface area (Å²) < 4.78 is 0. The summed E-state index contributed by atoms with van der Waals surface area (Å²) in [6.07, 6.45) is 0. The Bertz CT molecular complexity index is 453. The molecule has 1 amide bonds. The molecule has 0 spiro atoms. The van der Waals surface area contributed by atoms with E-state index in [1.807, 2.05) is 24.3 Å². The first kappa shape index (κ1) is 14.3. The zero-order valence-corrected chi connectivity index (χ0v) is 11.7. The SMILES string of the molecule is CC(=O)N[C@@H]1CN(Cc2cccc(Cl)c2)C[C@H]1CO. The van der Waals surface area contributed by atoms with Gasteiger partial charge in [-0.05, 0) is 17.7 Å². The van der Waals surface area contributed by atoms with Crippen LogP contribution < -0.4 is 5.32 Å². The minimum absolute atomic E-state index is 0.0293. The molecular formula is C14H19ClN2O2. The number of aliphatic hydroxyl groups excluding tert-OH is 1. The molecule has 1 saturated heterocycles. The van der Waals surface area contributed by atoms with Crippen LogP contribution in [-0.2, 0) is 11.3 Å². The van der Waals surface area contributed by atoms with Crippen LogP contribution in [0.25, 0.3) is 0 Å². The number of carbonyl (C=O) groups excluding carboxylic acids is 1. The summed E-state index contributed by atoms with van der Waals surface area (Å²) in [6.45, 7) is 3.93. The molecule has 1 heterocycles. The Kier molecular flexibility index (Phi) is 4.80. The molecule has 1 aromatic rings. The summed E-state index contributed by atoms with van der Waals surface area (Å²) in [5.74, 6) is 0.0520. The molecule has 0 bridgehead atoms. The number of rotatable bonds is 4. The molecule has 1 aromatic carbocycles. The predicted octanol–water partition coefficient (Wildman–Crippen LogP) is 1.27. The van der Waals surface area contributed by atoms with Gasteiger partial charge >= 0.3 is 0 Å². The van der Waals surface area contributed by atoms with E-state index in [0.29, 0.717) is 0 Å². The first-order valence-electron chi connectivity index (χ1n) is 6.43. The smallest absolute Gasteiger partial charge is 0.217 e. The Morgan fingerprint density at radius 2 is 2.32 bits per heavy atom. The molecule has 0 unspecified atom stereocenters. The second-order valence-electron chi connectivity index (χ2n) is 5.07. The molecule has 19 heavy (non-hydrogen) atoms. The van der Waals surface area contributed by atoms with Crippen molar-refractivity contribution in [3.05, 3.63) is 34.9 Å². The largest absolute Gasteiger partial charge is 0.396 e. The van der Waals surface area contributed by atoms with Gasteiger partial charge in [-0.25, -0.2) is 0 Å². The van der Waals surface area contributed by atoms with Crippen molar-refractivity contribution in [2.45, 2.75) is 19.5 Å². The minimum atomic E-state index is -0.0481. The van der Waals surface area contributed by atoms with E-state index in [9.17, 15) is 9.90 Å². The van der Waals surface area contributed by atoms with Gasteiger partial charge in [0.15, 0.2) is 0 Å². The number of nitrogens with zero attached hydrogens (tertiary/aromatic N) is 1. The Morgan fingerprint density at radius 1 is 1.53 bits per heavy atom. The van der Waals surface area contributed by atoms with Crippen molar-refractivity contribution < 1.29 is 9.90 Å². The number of carbonyl (C=O) groups is 1. The van der Waals surface area contributed by atoms with E-state index in [2.05, 4.69) is 10.2 Å². The van der Waals surface area contributed by atoms with E-state index in [1.165, 1.54) is 6.92 Å². The monoisotopic (exact) mass is 282 g/mol. The highest BCUT2D eigenvalue weighted by atomic mass is 35.5. The van der Waals surface area contributed by atoms with Gasteiger partial charge in [0.05, 0.1) is 0 Å². The fourth-order valence-corrected chi connectivity index (χ4v) is 2.81. The topological polar surface area (TPSA) is 52.6 Å². The average molecular weight is 283 g/mol. The molecule has 1 aliphatic rings. The van der Waals surface area contributed by atoms with Gasteiger partial charge < -0.3 is 10.4 Å². The fraction of sp³-hybridized carbons (Fsp3) is 0.500. The summed E-state index contributed by atoms with van der Waals surface area (Å²) in [4.78, 5) is 13.4.